The highest BCUT2D eigenvalue weighted by atomic mass is 35.5. The SMILES string of the molecule is COC(=O)C(C)N(C)C(=O)c1ccc(-c2cccc(NC(C)c3ccc(Cl)c(C)c3)c2)cc1C(F)(F)F. The summed E-state index contributed by atoms with van der Waals surface area (Å²) in [5, 5.41) is 4.04. The Morgan fingerprint density at radius 2 is 1.68 bits per heavy atom. The number of carbonyl (C=O) groups is 2. The minimum absolute atomic E-state index is 0.0794. The van der Waals surface area contributed by atoms with Crippen LogP contribution in [-0.2, 0) is 15.7 Å². The molecule has 37 heavy (non-hydrogen) atoms. The third-order valence-electron chi connectivity index (χ3n) is 6.26. The van der Waals surface area contributed by atoms with E-state index in [-0.39, 0.29) is 6.04 Å². The van der Waals surface area contributed by atoms with Crippen LogP contribution in [0.25, 0.3) is 11.1 Å². The monoisotopic (exact) mass is 532 g/mol. The average Bonchev–Trinajstić information content (AvgIpc) is 2.87. The topological polar surface area (TPSA) is 58.6 Å². The zero-order chi connectivity index (χ0) is 27.5. The molecule has 1 N–H and O–H groups in total. The molecule has 0 aliphatic heterocycles. The van der Waals surface area contributed by atoms with Crippen LogP contribution in [0.2, 0.25) is 5.02 Å². The molecule has 5 nitrogen and oxygen atoms in total. The highest BCUT2D eigenvalue weighted by Gasteiger charge is 2.37. The van der Waals surface area contributed by atoms with Gasteiger partial charge in [0.1, 0.15) is 6.04 Å². The summed E-state index contributed by atoms with van der Waals surface area (Å²) in [5.41, 5.74) is 1.90. The van der Waals surface area contributed by atoms with E-state index in [0.717, 1.165) is 41.0 Å². The second-order valence-corrected chi connectivity index (χ2v) is 9.24. The number of hydrogen-bond donors (Lipinski definition) is 1. The molecule has 0 heterocycles. The standard InChI is InChI=1S/C28H28ClF3N2O3/c1-16-13-19(10-12-25(16)29)17(2)33-22-8-6-7-20(14-22)21-9-11-23(24(15-21)28(30,31)32)26(35)34(4)18(3)27(36)37-5/h6-15,17-18,33H,1-5H3. The molecule has 0 aliphatic carbocycles. The van der Waals surface area contributed by atoms with E-state index < -0.39 is 35.2 Å². The Morgan fingerprint density at radius 3 is 2.30 bits per heavy atom. The van der Waals surface area contributed by atoms with Gasteiger partial charge in [-0.3, -0.25) is 4.79 Å². The normalized spacial score (nSPS) is 13.0. The predicted octanol–water partition coefficient (Wildman–Crippen LogP) is 7.14. The van der Waals surface area contributed by atoms with Crippen molar-refractivity contribution in [3.63, 3.8) is 0 Å². The average molecular weight is 533 g/mol. The summed E-state index contributed by atoms with van der Waals surface area (Å²) in [7, 11) is 2.41. The Morgan fingerprint density at radius 1 is 1.00 bits per heavy atom. The maximum atomic E-state index is 14.0. The van der Waals surface area contributed by atoms with Crippen LogP contribution in [0.3, 0.4) is 0 Å². The van der Waals surface area contributed by atoms with Crippen molar-refractivity contribution < 1.29 is 27.5 Å². The first-order valence-electron chi connectivity index (χ1n) is 11.5. The largest absolute Gasteiger partial charge is 0.467 e. The second kappa shape index (κ2) is 11.3. The minimum atomic E-state index is -4.78. The molecule has 3 rings (SSSR count). The third kappa shape index (κ3) is 6.43. The molecule has 0 spiro atoms. The molecule has 0 aromatic heterocycles. The quantitative estimate of drug-likeness (QED) is 0.328. The molecule has 0 bridgehead atoms. The van der Waals surface area contributed by atoms with Gasteiger partial charge in [0.2, 0.25) is 0 Å². The smallest absolute Gasteiger partial charge is 0.417 e. The molecule has 2 unspecified atom stereocenters. The van der Waals surface area contributed by atoms with E-state index in [1.807, 2.05) is 38.1 Å². The van der Waals surface area contributed by atoms with Gasteiger partial charge in [0.15, 0.2) is 0 Å². The van der Waals surface area contributed by atoms with Crippen LogP contribution in [0, 0.1) is 6.92 Å². The number of rotatable bonds is 7. The molecule has 2 atom stereocenters. The summed E-state index contributed by atoms with van der Waals surface area (Å²) in [5.74, 6) is -1.66. The van der Waals surface area contributed by atoms with Crippen molar-refractivity contribution in [1.82, 2.24) is 4.90 Å². The fourth-order valence-electron chi connectivity index (χ4n) is 3.90. The van der Waals surface area contributed by atoms with Crippen molar-refractivity contribution in [1.29, 1.82) is 0 Å². The van der Waals surface area contributed by atoms with Crippen molar-refractivity contribution in [2.24, 2.45) is 0 Å². The zero-order valence-electron chi connectivity index (χ0n) is 21.1. The van der Waals surface area contributed by atoms with Gasteiger partial charge in [-0.2, -0.15) is 13.2 Å². The van der Waals surface area contributed by atoms with E-state index in [1.165, 1.54) is 20.0 Å². The summed E-state index contributed by atoms with van der Waals surface area (Å²) in [6.45, 7) is 5.28. The number of amides is 1. The van der Waals surface area contributed by atoms with Gasteiger partial charge < -0.3 is 15.0 Å². The number of nitrogens with one attached hydrogen (secondary N) is 1. The van der Waals surface area contributed by atoms with Crippen LogP contribution >= 0.6 is 11.6 Å². The highest BCUT2D eigenvalue weighted by molar-refractivity contribution is 6.31. The van der Waals surface area contributed by atoms with Crippen LogP contribution in [0.1, 0.15) is 46.9 Å². The summed E-state index contributed by atoms with van der Waals surface area (Å²) in [6, 6.07) is 15.2. The van der Waals surface area contributed by atoms with Crippen LogP contribution in [0.5, 0.6) is 0 Å². The van der Waals surface area contributed by atoms with Crippen molar-refractivity contribution in [3.05, 3.63) is 87.9 Å². The Labute approximate surface area is 219 Å². The van der Waals surface area contributed by atoms with Crippen molar-refractivity contribution in [2.45, 2.75) is 39.0 Å². The van der Waals surface area contributed by atoms with Gasteiger partial charge in [0.25, 0.3) is 5.91 Å². The Bertz CT molecular complexity index is 1310. The lowest BCUT2D eigenvalue weighted by molar-refractivity contribution is -0.144. The predicted molar refractivity (Wildman–Crippen MR) is 139 cm³/mol. The van der Waals surface area contributed by atoms with Crippen molar-refractivity contribution >= 4 is 29.2 Å². The van der Waals surface area contributed by atoms with E-state index in [1.54, 1.807) is 18.2 Å². The molecular formula is C28H28ClF3N2O3. The maximum absolute atomic E-state index is 14.0. The number of carbonyl (C=O) groups excluding carboxylic acids is 2. The number of halogens is 4. The Balaban J connectivity index is 1.93. The Kier molecular flexibility index (Phi) is 8.53. The molecule has 3 aromatic rings. The minimum Gasteiger partial charge on any atom is -0.467 e. The van der Waals surface area contributed by atoms with Crippen molar-refractivity contribution in [2.75, 3.05) is 19.5 Å². The lowest BCUT2D eigenvalue weighted by atomic mass is 9.97. The lowest BCUT2D eigenvalue weighted by Crippen LogP contribution is -2.41. The van der Waals surface area contributed by atoms with E-state index in [4.69, 9.17) is 11.6 Å². The summed E-state index contributed by atoms with van der Waals surface area (Å²) < 4.78 is 46.6. The molecule has 0 fully saturated rings. The number of aryl methyl sites for hydroxylation is 1. The number of hydrogen-bond acceptors (Lipinski definition) is 4. The molecule has 9 heteroatoms. The van der Waals surface area contributed by atoms with Gasteiger partial charge >= 0.3 is 12.1 Å². The van der Waals surface area contributed by atoms with E-state index in [2.05, 4.69) is 10.1 Å². The summed E-state index contributed by atoms with van der Waals surface area (Å²) in [6.07, 6.45) is -4.78. The van der Waals surface area contributed by atoms with Gasteiger partial charge in [-0.15, -0.1) is 0 Å². The summed E-state index contributed by atoms with van der Waals surface area (Å²) >= 11 is 6.12. The second-order valence-electron chi connectivity index (χ2n) is 8.83. The number of likely N-dealkylation sites (N-methyl/N-ethyl adjacent to an activating group) is 1. The van der Waals surface area contributed by atoms with Gasteiger partial charge in [-0.25, -0.2) is 4.79 Å². The lowest BCUT2D eigenvalue weighted by Gasteiger charge is -2.24. The fourth-order valence-corrected chi connectivity index (χ4v) is 4.02. The first-order valence-corrected chi connectivity index (χ1v) is 11.9. The fraction of sp³-hybridized carbons (Fsp3) is 0.286. The molecular weight excluding hydrogens is 505 g/mol. The van der Waals surface area contributed by atoms with Crippen LogP contribution < -0.4 is 5.32 Å². The maximum Gasteiger partial charge on any atom is 0.417 e. The number of methoxy groups -OCH3 is 1. The van der Waals surface area contributed by atoms with E-state index >= 15 is 0 Å². The molecule has 1 amide bonds. The molecule has 0 saturated heterocycles. The first-order chi connectivity index (χ1) is 17.3. The van der Waals surface area contributed by atoms with Gasteiger partial charge in [-0.05, 0) is 73.4 Å². The molecule has 0 radical (unpaired) electrons. The highest BCUT2D eigenvalue weighted by Crippen LogP contribution is 2.36. The van der Waals surface area contributed by atoms with Gasteiger partial charge in [0.05, 0.1) is 18.2 Å². The zero-order valence-corrected chi connectivity index (χ0v) is 21.9. The molecule has 0 saturated carbocycles. The Hall–Kier alpha value is -3.52. The van der Waals surface area contributed by atoms with E-state index in [0.29, 0.717) is 16.1 Å². The number of ether oxygens (including phenoxy) is 1. The summed E-state index contributed by atoms with van der Waals surface area (Å²) in [4.78, 5) is 25.6. The molecule has 196 valence electrons. The van der Waals surface area contributed by atoms with Crippen LogP contribution in [0.15, 0.2) is 60.7 Å². The van der Waals surface area contributed by atoms with Crippen LogP contribution in [0.4, 0.5) is 18.9 Å². The first kappa shape index (κ1) is 28.1. The van der Waals surface area contributed by atoms with Gasteiger partial charge in [0, 0.05) is 23.8 Å². The number of esters is 1. The van der Waals surface area contributed by atoms with Crippen LogP contribution in [-0.4, -0.2) is 37.0 Å². The molecule has 0 aliphatic rings. The molecule has 3 aromatic carbocycles. The van der Waals surface area contributed by atoms with Crippen molar-refractivity contribution in [3.8, 4) is 11.1 Å². The number of anilines is 1. The number of nitrogens with zero attached hydrogens (tertiary/aromatic N) is 1. The number of alkyl halides is 3. The van der Waals surface area contributed by atoms with E-state index in [9.17, 15) is 22.8 Å². The van der Waals surface area contributed by atoms with Gasteiger partial charge in [-0.1, -0.05) is 41.9 Å². The third-order valence-corrected chi connectivity index (χ3v) is 6.68. The number of benzene rings is 3.